The Morgan fingerprint density at radius 3 is 2.81 bits per heavy atom. The maximum Gasteiger partial charge on any atom is 0.276 e. The number of benzene rings is 2. The molecule has 0 aliphatic carbocycles. The fourth-order valence-electron chi connectivity index (χ4n) is 3.22. The standard InChI is InChI=1S/C19H15FN4O3/c1-11-8-13(3-5-15(11)20)16-10-17(22-21-16)19(25)23-7-6-12-2-4-14(24(26)27)9-18(12)23/h2-5,8-10H,6-7H2,1H3,(H,21,22). The molecule has 27 heavy (non-hydrogen) atoms. The maximum atomic E-state index is 13.4. The first-order chi connectivity index (χ1) is 12.9. The van der Waals surface area contributed by atoms with Crippen LogP contribution >= 0.6 is 0 Å². The summed E-state index contributed by atoms with van der Waals surface area (Å²) in [4.78, 5) is 24.9. The number of halogens is 1. The number of H-pyrrole nitrogens is 1. The molecule has 2 heterocycles. The fourth-order valence-corrected chi connectivity index (χ4v) is 3.22. The van der Waals surface area contributed by atoms with E-state index in [1.807, 2.05) is 0 Å². The number of hydrogen-bond donors (Lipinski definition) is 1. The normalized spacial score (nSPS) is 12.9. The zero-order chi connectivity index (χ0) is 19.1. The van der Waals surface area contributed by atoms with Gasteiger partial charge in [0.2, 0.25) is 0 Å². The molecule has 0 saturated carbocycles. The summed E-state index contributed by atoms with van der Waals surface area (Å²) in [6, 6.07) is 10.8. The van der Waals surface area contributed by atoms with Crippen molar-refractivity contribution in [3.05, 3.63) is 75.2 Å². The first-order valence-corrected chi connectivity index (χ1v) is 8.35. The number of aromatic amines is 1. The van der Waals surface area contributed by atoms with Crippen LogP contribution < -0.4 is 4.90 Å². The Morgan fingerprint density at radius 2 is 2.07 bits per heavy atom. The molecular weight excluding hydrogens is 351 g/mol. The molecule has 4 rings (SSSR count). The summed E-state index contributed by atoms with van der Waals surface area (Å²) in [6.07, 6.45) is 0.636. The van der Waals surface area contributed by atoms with Crippen molar-refractivity contribution in [1.29, 1.82) is 0 Å². The minimum absolute atomic E-state index is 0.0551. The van der Waals surface area contributed by atoms with E-state index < -0.39 is 4.92 Å². The van der Waals surface area contributed by atoms with E-state index in [0.29, 0.717) is 35.5 Å². The van der Waals surface area contributed by atoms with E-state index in [4.69, 9.17) is 0 Å². The van der Waals surface area contributed by atoms with E-state index in [9.17, 15) is 19.3 Å². The number of aromatic nitrogens is 2. The second-order valence-corrected chi connectivity index (χ2v) is 6.41. The molecule has 0 fully saturated rings. The predicted octanol–water partition coefficient (Wildman–Crippen LogP) is 3.64. The Morgan fingerprint density at radius 1 is 1.26 bits per heavy atom. The number of non-ortho nitro benzene ring substituents is 1. The number of rotatable bonds is 3. The van der Waals surface area contributed by atoms with Crippen LogP contribution in [0.2, 0.25) is 0 Å². The predicted molar refractivity (Wildman–Crippen MR) is 97.2 cm³/mol. The lowest BCUT2D eigenvalue weighted by molar-refractivity contribution is -0.384. The third-order valence-corrected chi connectivity index (χ3v) is 4.68. The molecule has 0 radical (unpaired) electrons. The number of nitrogens with zero attached hydrogens (tertiary/aromatic N) is 3. The summed E-state index contributed by atoms with van der Waals surface area (Å²) < 4.78 is 13.4. The smallest absolute Gasteiger partial charge is 0.276 e. The number of nitrogens with one attached hydrogen (secondary N) is 1. The van der Waals surface area contributed by atoms with Crippen LogP contribution in [0.25, 0.3) is 11.3 Å². The van der Waals surface area contributed by atoms with Crippen molar-refractivity contribution >= 4 is 17.3 Å². The molecule has 1 aliphatic rings. The molecule has 1 amide bonds. The number of anilines is 1. The van der Waals surface area contributed by atoms with Gasteiger partial charge in [-0.15, -0.1) is 0 Å². The summed E-state index contributed by atoms with van der Waals surface area (Å²) in [5.41, 5.74) is 3.36. The first kappa shape index (κ1) is 16.9. The molecule has 2 aromatic carbocycles. The lowest BCUT2D eigenvalue weighted by atomic mass is 10.1. The van der Waals surface area contributed by atoms with E-state index in [1.165, 1.54) is 23.1 Å². The number of carbonyl (C=O) groups is 1. The van der Waals surface area contributed by atoms with Gasteiger partial charge in [0.25, 0.3) is 11.6 Å². The molecule has 0 saturated heterocycles. The zero-order valence-corrected chi connectivity index (χ0v) is 14.4. The van der Waals surface area contributed by atoms with Crippen molar-refractivity contribution in [2.75, 3.05) is 11.4 Å². The van der Waals surface area contributed by atoms with Gasteiger partial charge < -0.3 is 4.90 Å². The molecule has 0 atom stereocenters. The number of amides is 1. The molecule has 1 aliphatic heterocycles. The number of hydrogen-bond acceptors (Lipinski definition) is 4. The van der Waals surface area contributed by atoms with Gasteiger partial charge in [-0.05, 0) is 48.7 Å². The van der Waals surface area contributed by atoms with Crippen LogP contribution in [0.3, 0.4) is 0 Å². The van der Waals surface area contributed by atoms with Crippen LogP contribution in [-0.4, -0.2) is 27.6 Å². The summed E-state index contributed by atoms with van der Waals surface area (Å²) >= 11 is 0. The quantitative estimate of drug-likeness (QED) is 0.566. The van der Waals surface area contributed by atoms with Gasteiger partial charge in [-0.3, -0.25) is 20.0 Å². The van der Waals surface area contributed by atoms with Crippen molar-refractivity contribution in [2.24, 2.45) is 0 Å². The second kappa shape index (κ2) is 6.31. The fraction of sp³-hybridized carbons (Fsp3) is 0.158. The van der Waals surface area contributed by atoms with Gasteiger partial charge in [-0.1, -0.05) is 6.07 Å². The largest absolute Gasteiger partial charge is 0.306 e. The minimum Gasteiger partial charge on any atom is -0.306 e. The van der Waals surface area contributed by atoms with E-state index in [0.717, 1.165) is 5.56 Å². The second-order valence-electron chi connectivity index (χ2n) is 6.41. The van der Waals surface area contributed by atoms with Crippen LogP contribution in [-0.2, 0) is 6.42 Å². The SMILES string of the molecule is Cc1cc(-c2cc(C(=O)N3CCc4ccc([N+](=O)[O-])cc43)[nH]n2)ccc1F. The van der Waals surface area contributed by atoms with Crippen LogP contribution in [0.1, 0.15) is 21.6 Å². The number of carbonyl (C=O) groups excluding carboxylic acids is 1. The third-order valence-electron chi connectivity index (χ3n) is 4.68. The van der Waals surface area contributed by atoms with Gasteiger partial charge in [0.05, 0.1) is 16.3 Å². The van der Waals surface area contributed by atoms with Gasteiger partial charge in [-0.2, -0.15) is 5.10 Å². The lowest BCUT2D eigenvalue weighted by Crippen LogP contribution is -2.29. The van der Waals surface area contributed by atoms with Gasteiger partial charge in [0, 0.05) is 24.2 Å². The molecule has 1 aromatic heterocycles. The van der Waals surface area contributed by atoms with Crippen molar-refractivity contribution in [3.8, 4) is 11.3 Å². The Labute approximate surface area is 153 Å². The molecule has 0 bridgehead atoms. The van der Waals surface area contributed by atoms with Gasteiger partial charge >= 0.3 is 0 Å². The van der Waals surface area contributed by atoms with Gasteiger partial charge in [0.15, 0.2) is 0 Å². The highest BCUT2D eigenvalue weighted by Gasteiger charge is 2.28. The van der Waals surface area contributed by atoms with E-state index in [-0.39, 0.29) is 23.1 Å². The van der Waals surface area contributed by atoms with Crippen molar-refractivity contribution in [1.82, 2.24) is 10.2 Å². The van der Waals surface area contributed by atoms with E-state index in [2.05, 4.69) is 10.2 Å². The van der Waals surface area contributed by atoms with Crippen LogP contribution in [0.15, 0.2) is 42.5 Å². The topological polar surface area (TPSA) is 92.1 Å². The van der Waals surface area contributed by atoms with Crippen molar-refractivity contribution in [3.63, 3.8) is 0 Å². The molecule has 136 valence electrons. The number of aryl methyl sites for hydroxylation is 1. The lowest BCUT2D eigenvalue weighted by Gasteiger charge is -2.15. The highest BCUT2D eigenvalue weighted by molar-refractivity contribution is 6.06. The molecular formula is C19H15FN4O3. The summed E-state index contributed by atoms with van der Waals surface area (Å²) in [5, 5.41) is 17.9. The minimum atomic E-state index is -0.480. The van der Waals surface area contributed by atoms with Gasteiger partial charge in [-0.25, -0.2) is 4.39 Å². The Balaban J connectivity index is 1.64. The number of nitro groups is 1. The molecule has 8 heteroatoms. The van der Waals surface area contributed by atoms with Crippen molar-refractivity contribution in [2.45, 2.75) is 13.3 Å². The monoisotopic (exact) mass is 366 g/mol. The Kier molecular flexibility index (Phi) is 3.95. The van der Waals surface area contributed by atoms with Crippen molar-refractivity contribution < 1.29 is 14.1 Å². The highest BCUT2D eigenvalue weighted by Crippen LogP contribution is 2.33. The Bertz CT molecular complexity index is 1080. The Hall–Kier alpha value is -3.55. The summed E-state index contributed by atoms with van der Waals surface area (Å²) in [6.45, 7) is 2.10. The van der Waals surface area contributed by atoms with E-state index in [1.54, 1.807) is 31.2 Å². The maximum absolute atomic E-state index is 13.4. The average molecular weight is 366 g/mol. The number of nitro benzene ring substituents is 1. The summed E-state index contributed by atoms with van der Waals surface area (Å²) in [7, 11) is 0. The molecule has 7 nitrogen and oxygen atoms in total. The van der Waals surface area contributed by atoms with Crippen LogP contribution in [0, 0.1) is 22.9 Å². The van der Waals surface area contributed by atoms with Gasteiger partial charge in [0.1, 0.15) is 11.5 Å². The van der Waals surface area contributed by atoms with E-state index >= 15 is 0 Å². The van der Waals surface area contributed by atoms with Crippen LogP contribution in [0.4, 0.5) is 15.8 Å². The molecule has 3 aromatic rings. The first-order valence-electron chi connectivity index (χ1n) is 8.35. The van der Waals surface area contributed by atoms with Crippen LogP contribution in [0.5, 0.6) is 0 Å². The summed E-state index contributed by atoms with van der Waals surface area (Å²) in [5.74, 6) is -0.618. The third kappa shape index (κ3) is 2.95. The molecule has 0 unspecified atom stereocenters. The molecule has 1 N–H and O–H groups in total. The average Bonchev–Trinajstić information content (AvgIpc) is 3.30. The molecule has 0 spiro atoms. The highest BCUT2D eigenvalue weighted by atomic mass is 19.1. The zero-order valence-electron chi connectivity index (χ0n) is 14.4. The number of fused-ring (bicyclic) bond motifs is 1.